The molecule has 1 aromatic heterocycles. The zero-order chi connectivity index (χ0) is 12.8. The van der Waals surface area contributed by atoms with Gasteiger partial charge in [0, 0.05) is 10.9 Å². The molecule has 0 bridgehead atoms. The Morgan fingerprint density at radius 2 is 1.88 bits per heavy atom. The van der Waals surface area contributed by atoms with Crippen LogP contribution in [0.15, 0.2) is 0 Å². The van der Waals surface area contributed by atoms with E-state index in [9.17, 15) is 0 Å². The largest absolute Gasteiger partial charge is 0.309 e. The van der Waals surface area contributed by atoms with Crippen molar-refractivity contribution < 1.29 is 0 Å². The summed E-state index contributed by atoms with van der Waals surface area (Å²) in [7, 11) is 0. The summed E-state index contributed by atoms with van der Waals surface area (Å²) < 4.78 is 0. The van der Waals surface area contributed by atoms with E-state index in [2.05, 4.69) is 44.9 Å². The highest BCUT2D eigenvalue weighted by atomic mass is 32.1. The standard InChI is InChI=1S/C14H26N2S/c1-10(2)8-6-7-9-15-11(3)14-12(4)17-13(5)16-14/h10-11,15H,6-9H2,1-5H3. The van der Waals surface area contributed by atoms with Crippen molar-refractivity contribution in [2.24, 2.45) is 5.92 Å². The van der Waals surface area contributed by atoms with Crippen molar-refractivity contribution in [1.82, 2.24) is 10.3 Å². The number of thiazole rings is 1. The van der Waals surface area contributed by atoms with Gasteiger partial charge in [0.05, 0.1) is 10.7 Å². The predicted octanol–water partition coefficient (Wildman–Crippen LogP) is 4.24. The summed E-state index contributed by atoms with van der Waals surface area (Å²) in [5.74, 6) is 0.829. The van der Waals surface area contributed by atoms with Gasteiger partial charge in [-0.15, -0.1) is 11.3 Å². The molecule has 3 heteroatoms. The SMILES string of the molecule is Cc1nc(C(C)NCCCCC(C)C)c(C)s1. The van der Waals surface area contributed by atoms with Gasteiger partial charge in [-0.3, -0.25) is 0 Å². The lowest BCUT2D eigenvalue weighted by Gasteiger charge is -2.12. The quantitative estimate of drug-likeness (QED) is 0.736. The first-order chi connectivity index (χ1) is 8.00. The van der Waals surface area contributed by atoms with E-state index in [0.29, 0.717) is 6.04 Å². The van der Waals surface area contributed by atoms with Crippen molar-refractivity contribution in [3.63, 3.8) is 0 Å². The number of nitrogens with one attached hydrogen (secondary N) is 1. The van der Waals surface area contributed by atoms with Crippen LogP contribution in [0.2, 0.25) is 0 Å². The minimum absolute atomic E-state index is 0.388. The van der Waals surface area contributed by atoms with E-state index in [-0.39, 0.29) is 0 Å². The smallest absolute Gasteiger partial charge is 0.0900 e. The first-order valence-corrected chi connectivity index (χ1v) is 7.49. The fourth-order valence-corrected chi connectivity index (χ4v) is 2.95. The van der Waals surface area contributed by atoms with Crippen LogP contribution in [0.4, 0.5) is 0 Å². The van der Waals surface area contributed by atoms with Gasteiger partial charge in [-0.25, -0.2) is 4.98 Å². The molecule has 0 radical (unpaired) electrons. The van der Waals surface area contributed by atoms with Crippen molar-refractivity contribution in [3.8, 4) is 0 Å². The summed E-state index contributed by atoms with van der Waals surface area (Å²) in [5.41, 5.74) is 1.23. The average molecular weight is 254 g/mol. The Balaban J connectivity index is 2.25. The van der Waals surface area contributed by atoms with E-state index in [1.807, 2.05) is 0 Å². The number of hydrogen-bond acceptors (Lipinski definition) is 3. The van der Waals surface area contributed by atoms with Gasteiger partial charge in [-0.1, -0.05) is 26.7 Å². The molecule has 1 unspecified atom stereocenters. The highest BCUT2D eigenvalue weighted by Gasteiger charge is 2.11. The van der Waals surface area contributed by atoms with E-state index in [0.717, 1.165) is 12.5 Å². The number of aryl methyl sites for hydroxylation is 2. The minimum atomic E-state index is 0.388. The third-order valence-corrected chi connectivity index (χ3v) is 3.91. The summed E-state index contributed by atoms with van der Waals surface area (Å²) in [5, 5.41) is 4.74. The van der Waals surface area contributed by atoms with Gasteiger partial charge < -0.3 is 5.32 Å². The Morgan fingerprint density at radius 1 is 1.18 bits per heavy atom. The zero-order valence-corrected chi connectivity index (χ0v) is 12.7. The normalized spacial score (nSPS) is 13.3. The molecule has 1 rings (SSSR count). The molecule has 2 nitrogen and oxygen atoms in total. The second kappa shape index (κ2) is 7.12. The van der Waals surface area contributed by atoms with Crippen molar-refractivity contribution in [2.75, 3.05) is 6.54 Å². The van der Waals surface area contributed by atoms with Crippen molar-refractivity contribution in [3.05, 3.63) is 15.6 Å². The Hall–Kier alpha value is -0.410. The van der Waals surface area contributed by atoms with E-state index >= 15 is 0 Å². The van der Waals surface area contributed by atoms with Gasteiger partial charge in [-0.05, 0) is 39.7 Å². The third-order valence-electron chi connectivity index (χ3n) is 3.01. The van der Waals surface area contributed by atoms with E-state index in [1.54, 1.807) is 11.3 Å². The molecule has 0 fully saturated rings. The monoisotopic (exact) mass is 254 g/mol. The Labute approximate surface area is 110 Å². The topological polar surface area (TPSA) is 24.9 Å². The Morgan fingerprint density at radius 3 is 2.41 bits per heavy atom. The molecule has 98 valence electrons. The number of unbranched alkanes of at least 4 members (excludes halogenated alkanes) is 1. The van der Waals surface area contributed by atoms with Gasteiger partial charge in [0.25, 0.3) is 0 Å². The second-order valence-electron chi connectivity index (χ2n) is 5.24. The van der Waals surface area contributed by atoms with E-state index < -0.39 is 0 Å². The molecule has 0 aliphatic heterocycles. The van der Waals surface area contributed by atoms with Crippen molar-refractivity contribution in [2.45, 2.75) is 59.9 Å². The summed E-state index contributed by atoms with van der Waals surface area (Å²) in [6.45, 7) is 12.1. The number of nitrogens with zero attached hydrogens (tertiary/aromatic N) is 1. The lowest BCUT2D eigenvalue weighted by atomic mass is 10.1. The number of aromatic nitrogens is 1. The maximum atomic E-state index is 4.59. The first kappa shape index (κ1) is 14.7. The lowest BCUT2D eigenvalue weighted by Crippen LogP contribution is -2.20. The van der Waals surface area contributed by atoms with E-state index in [1.165, 1.54) is 34.8 Å². The molecule has 0 saturated carbocycles. The molecule has 0 aliphatic rings. The van der Waals surface area contributed by atoms with Crippen LogP contribution in [0.1, 0.15) is 61.7 Å². The fraction of sp³-hybridized carbons (Fsp3) is 0.786. The summed E-state index contributed by atoms with van der Waals surface area (Å²) in [6.07, 6.45) is 3.93. The maximum absolute atomic E-state index is 4.59. The van der Waals surface area contributed by atoms with Crippen LogP contribution in [-0.4, -0.2) is 11.5 Å². The van der Waals surface area contributed by atoms with Gasteiger partial charge in [0.2, 0.25) is 0 Å². The lowest BCUT2D eigenvalue weighted by molar-refractivity contribution is 0.494. The molecule has 17 heavy (non-hydrogen) atoms. The van der Waals surface area contributed by atoms with Gasteiger partial charge >= 0.3 is 0 Å². The molecule has 1 N–H and O–H groups in total. The fourth-order valence-electron chi connectivity index (χ4n) is 2.04. The maximum Gasteiger partial charge on any atom is 0.0900 e. The van der Waals surface area contributed by atoms with Crippen LogP contribution in [0.5, 0.6) is 0 Å². The molecular formula is C14H26N2S. The average Bonchev–Trinajstić information content (AvgIpc) is 2.56. The molecule has 0 aromatic carbocycles. The van der Waals surface area contributed by atoms with Gasteiger partial charge in [0.15, 0.2) is 0 Å². The highest BCUT2D eigenvalue weighted by molar-refractivity contribution is 7.11. The molecule has 0 amide bonds. The third kappa shape index (κ3) is 5.17. The minimum Gasteiger partial charge on any atom is -0.309 e. The van der Waals surface area contributed by atoms with Crippen molar-refractivity contribution >= 4 is 11.3 Å². The molecule has 1 atom stereocenters. The molecule has 1 aromatic rings. The zero-order valence-electron chi connectivity index (χ0n) is 11.8. The van der Waals surface area contributed by atoms with Crippen LogP contribution in [0.25, 0.3) is 0 Å². The number of rotatable bonds is 7. The van der Waals surface area contributed by atoms with Crippen LogP contribution < -0.4 is 5.32 Å². The number of hydrogen-bond donors (Lipinski definition) is 1. The van der Waals surface area contributed by atoms with Crippen molar-refractivity contribution in [1.29, 1.82) is 0 Å². The van der Waals surface area contributed by atoms with Crippen LogP contribution in [0, 0.1) is 19.8 Å². The van der Waals surface area contributed by atoms with Crippen LogP contribution in [-0.2, 0) is 0 Å². The van der Waals surface area contributed by atoms with Crippen LogP contribution in [0.3, 0.4) is 0 Å². The molecule has 0 saturated heterocycles. The Kier molecular flexibility index (Phi) is 6.14. The first-order valence-electron chi connectivity index (χ1n) is 6.68. The Bertz CT molecular complexity index is 331. The van der Waals surface area contributed by atoms with Gasteiger partial charge in [-0.2, -0.15) is 0 Å². The summed E-state index contributed by atoms with van der Waals surface area (Å²) in [6, 6.07) is 0.388. The van der Waals surface area contributed by atoms with E-state index in [4.69, 9.17) is 0 Å². The molecule has 0 spiro atoms. The molecule has 1 heterocycles. The second-order valence-corrected chi connectivity index (χ2v) is 6.65. The predicted molar refractivity (Wildman–Crippen MR) is 76.7 cm³/mol. The summed E-state index contributed by atoms with van der Waals surface area (Å²) >= 11 is 1.79. The summed E-state index contributed by atoms with van der Waals surface area (Å²) in [4.78, 5) is 5.94. The molecule has 0 aliphatic carbocycles. The molecular weight excluding hydrogens is 228 g/mol. The van der Waals surface area contributed by atoms with Crippen LogP contribution >= 0.6 is 11.3 Å². The van der Waals surface area contributed by atoms with Gasteiger partial charge in [0.1, 0.15) is 0 Å². The highest BCUT2D eigenvalue weighted by Crippen LogP contribution is 2.22.